The normalized spacial score (nSPS) is 22.4. The Bertz CT molecular complexity index is 460. The molecule has 2 atom stereocenters. The Balaban J connectivity index is 1.85. The first-order valence-electron chi connectivity index (χ1n) is 6.79. The molecule has 1 heterocycles. The van der Waals surface area contributed by atoms with Gasteiger partial charge in [0.25, 0.3) is 0 Å². The van der Waals surface area contributed by atoms with Crippen molar-refractivity contribution in [3.8, 4) is 0 Å². The quantitative estimate of drug-likeness (QED) is 0.914. The number of aromatic nitrogens is 2. The van der Waals surface area contributed by atoms with Gasteiger partial charge in [-0.05, 0) is 46.6 Å². The van der Waals surface area contributed by atoms with Crippen LogP contribution in [0.3, 0.4) is 0 Å². The van der Waals surface area contributed by atoms with Crippen molar-refractivity contribution in [2.24, 2.45) is 0 Å². The molecule has 1 amide bonds. The molecule has 1 N–H and O–H groups in total. The molecule has 0 saturated heterocycles. The van der Waals surface area contributed by atoms with E-state index in [1.807, 2.05) is 37.8 Å². The summed E-state index contributed by atoms with van der Waals surface area (Å²) >= 11 is 0. The molecule has 1 aromatic heterocycles. The van der Waals surface area contributed by atoms with Crippen molar-refractivity contribution < 1.29 is 9.53 Å². The number of nitrogens with zero attached hydrogens (tertiary/aromatic N) is 2. The van der Waals surface area contributed by atoms with Gasteiger partial charge in [0.05, 0.1) is 6.20 Å². The predicted molar refractivity (Wildman–Crippen MR) is 73.1 cm³/mol. The van der Waals surface area contributed by atoms with Crippen LogP contribution in [0.25, 0.3) is 0 Å². The third kappa shape index (κ3) is 3.72. The van der Waals surface area contributed by atoms with E-state index in [-0.39, 0.29) is 17.7 Å². The Morgan fingerprint density at radius 3 is 2.74 bits per heavy atom. The summed E-state index contributed by atoms with van der Waals surface area (Å²) in [5.74, 6) is 0.304. The van der Waals surface area contributed by atoms with Crippen LogP contribution in [0, 0.1) is 0 Å². The van der Waals surface area contributed by atoms with Crippen molar-refractivity contribution in [2.75, 3.05) is 0 Å². The van der Waals surface area contributed by atoms with Gasteiger partial charge in [-0.1, -0.05) is 0 Å². The molecule has 1 saturated carbocycles. The summed E-state index contributed by atoms with van der Waals surface area (Å²) in [7, 11) is 0. The highest BCUT2D eigenvalue weighted by Crippen LogP contribution is 2.43. The average molecular weight is 265 g/mol. The van der Waals surface area contributed by atoms with Gasteiger partial charge in [0, 0.05) is 23.7 Å². The minimum Gasteiger partial charge on any atom is -0.446 e. The summed E-state index contributed by atoms with van der Waals surface area (Å²) in [6, 6.07) is 0.357. The fraction of sp³-hybridized carbons (Fsp3) is 0.714. The van der Waals surface area contributed by atoms with Crippen molar-refractivity contribution in [1.29, 1.82) is 0 Å². The number of rotatable bonds is 3. The van der Waals surface area contributed by atoms with Gasteiger partial charge in [0.2, 0.25) is 0 Å². The summed E-state index contributed by atoms with van der Waals surface area (Å²) in [5, 5.41) is 7.11. The summed E-state index contributed by atoms with van der Waals surface area (Å²) in [4.78, 5) is 11.6. The Kier molecular flexibility index (Phi) is 3.56. The molecular weight excluding hydrogens is 242 g/mol. The lowest BCUT2D eigenvalue weighted by atomic mass is 10.1. The molecule has 5 nitrogen and oxygen atoms in total. The largest absolute Gasteiger partial charge is 0.446 e. The fourth-order valence-corrected chi connectivity index (χ4v) is 1.95. The minimum absolute atomic E-state index is 0.00726. The SMILES string of the molecule is CC(C)n1cc(C2CC2OC(=O)NC(C)(C)C)cn1. The van der Waals surface area contributed by atoms with Crippen molar-refractivity contribution >= 4 is 6.09 Å². The van der Waals surface area contributed by atoms with Gasteiger partial charge < -0.3 is 10.1 Å². The number of hydrogen-bond acceptors (Lipinski definition) is 3. The highest BCUT2D eigenvalue weighted by Gasteiger charge is 2.43. The van der Waals surface area contributed by atoms with Gasteiger partial charge in [-0.2, -0.15) is 5.10 Å². The third-order valence-corrected chi connectivity index (χ3v) is 3.05. The van der Waals surface area contributed by atoms with Crippen molar-refractivity contribution in [1.82, 2.24) is 15.1 Å². The van der Waals surface area contributed by atoms with Crippen LogP contribution in [0.1, 0.15) is 58.6 Å². The number of ether oxygens (including phenoxy) is 1. The number of alkyl carbamates (subject to hydrolysis) is 1. The van der Waals surface area contributed by atoms with Crippen LogP contribution in [-0.2, 0) is 4.74 Å². The van der Waals surface area contributed by atoms with E-state index in [1.54, 1.807) is 0 Å². The standard InChI is InChI=1S/C14H23N3O2/c1-9(2)17-8-10(7-15-17)11-6-12(11)19-13(18)16-14(3,4)5/h7-9,11-12H,6H2,1-5H3,(H,16,18). The van der Waals surface area contributed by atoms with E-state index in [0.29, 0.717) is 12.0 Å². The Morgan fingerprint density at radius 2 is 2.21 bits per heavy atom. The molecule has 1 fully saturated rings. The van der Waals surface area contributed by atoms with Gasteiger partial charge in [-0.15, -0.1) is 0 Å². The molecule has 106 valence electrons. The molecule has 1 aliphatic rings. The Labute approximate surface area is 114 Å². The molecule has 0 aliphatic heterocycles. The van der Waals surface area contributed by atoms with Crippen LogP contribution in [0.5, 0.6) is 0 Å². The Morgan fingerprint density at radius 1 is 1.53 bits per heavy atom. The number of hydrogen-bond donors (Lipinski definition) is 1. The minimum atomic E-state index is -0.337. The van der Waals surface area contributed by atoms with Crippen molar-refractivity contribution in [2.45, 2.75) is 64.6 Å². The van der Waals surface area contributed by atoms with E-state index >= 15 is 0 Å². The third-order valence-electron chi connectivity index (χ3n) is 3.05. The van der Waals surface area contributed by atoms with Gasteiger partial charge in [-0.3, -0.25) is 4.68 Å². The van der Waals surface area contributed by atoms with E-state index in [0.717, 1.165) is 12.0 Å². The summed E-state index contributed by atoms with van der Waals surface area (Å²) < 4.78 is 7.32. The lowest BCUT2D eigenvalue weighted by Crippen LogP contribution is -2.41. The molecule has 1 aliphatic carbocycles. The molecule has 2 unspecified atom stereocenters. The van der Waals surface area contributed by atoms with Crippen LogP contribution < -0.4 is 5.32 Å². The summed E-state index contributed by atoms with van der Waals surface area (Å²) in [6.07, 6.45) is 4.46. The maximum Gasteiger partial charge on any atom is 0.407 e. The van der Waals surface area contributed by atoms with Crippen LogP contribution in [0.15, 0.2) is 12.4 Å². The fourth-order valence-electron chi connectivity index (χ4n) is 1.95. The smallest absolute Gasteiger partial charge is 0.407 e. The average Bonchev–Trinajstić information content (AvgIpc) is 2.82. The molecule has 19 heavy (non-hydrogen) atoms. The molecule has 0 spiro atoms. The molecule has 2 rings (SSSR count). The van der Waals surface area contributed by atoms with Crippen LogP contribution in [-0.4, -0.2) is 27.5 Å². The number of nitrogens with one attached hydrogen (secondary N) is 1. The molecule has 1 aromatic rings. The van der Waals surface area contributed by atoms with E-state index in [2.05, 4.69) is 24.3 Å². The zero-order valence-corrected chi connectivity index (χ0v) is 12.3. The lowest BCUT2D eigenvalue weighted by Gasteiger charge is -2.19. The van der Waals surface area contributed by atoms with E-state index < -0.39 is 0 Å². The van der Waals surface area contributed by atoms with E-state index in [9.17, 15) is 4.79 Å². The first-order chi connectivity index (χ1) is 8.76. The zero-order chi connectivity index (χ0) is 14.2. The maximum atomic E-state index is 11.6. The zero-order valence-electron chi connectivity index (χ0n) is 12.3. The van der Waals surface area contributed by atoms with Gasteiger partial charge in [0.1, 0.15) is 6.10 Å². The highest BCUT2D eigenvalue weighted by atomic mass is 16.6. The Hall–Kier alpha value is -1.52. The molecule has 0 bridgehead atoms. The highest BCUT2D eigenvalue weighted by molar-refractivity contribution is 5.68. The van der Waals surface area contributed by atoms with Crippen LogP contribution in [0.4, 0.5) is 4.79 Å². The molecule has 0 radical (unpaired) electrons. The topological polar surface area (TPSA) is 56.1 Å². The first kappa shape index (κ1) is 13.9. The summed E-state index contributed by atoms with van der Waals surface area (Å²) in [6.45, 7) is 9.99. The summed E-state index contributed by atoms with van der Waals surface area (Å²) in [5.41, 5.74) is 0.895. The number of carbonyl (C=O) groups excluding carboxylic acids is 1. The van der Waals surface area contributed by atoms with Gasteiger partial charge in [-0.25, -0.2) is 4.79 Å². The second-order valence-electron chi connectivity index (χ2n) is 6.51. The van der Waals surface area contributed by atoms with Crippen molar-refractivity contribution in [3.05, 3.63) is 18.0 Å². The maximum absolute atomic E-state index is 11.6. The second-order valence-corrected chi connectivity index (χ2v) is 6.51. The van der Waals surface area contributed by atoms with E-state index in [1.165, 1.54) is 0 Å². The number of amides is 1. The monoisotopic (exact) mass is 265 g/mol. The second kappa shape index (κ2) is 4.87. The molecule has 0 aromatic carbocycles. The predicted octanol–water partition coefficient (Wildman–Crippen LogP) is 2.84. The van der Waals surface area contributed by atoms with E-state index in [4.69, 9.17) is 4.74 Å². The number of carbonyl (C=O) groups is 1. The van der Waals surface area contributed by atoms with Crippen LogP contribution >= 0.6 is 0 Å². The van der Waals surface area contributed by atoms with Crippen LogP contribution in [0.2, 0.25) is 0 Å². The molecular formula is C14H23N3O2. The lowest BCUT2D eigenvalue weighted by molar-refractivity contribution is 0.128. The molecule has 5 heteroatoms. The van der Waals surface area contributed by atoms with Gasteiger partial charge >= 0.3 is 6.09 Å². The van der Waals surface area contributed by atoms with Crippen molar-refractivity contribution in [3.63, 3.8) is 0 Å². The van der Waals surface area contributed by atoms with Gasteiger partial charge in [0.15, 0.2) is 0 Å². The first-order valence-corrected chi connectivity index (χ1v) is 6.79.